The Labute approximate surface area is 328 Å². The fourth-order valence-electron chi connectivity index (χ4n) is 7.08. The molecular weight excluding hydrogens is 675 g/mol. The number of aliphatic hydroxyl groups excluding tert-OH is 1. The molecule has 0 heterocycles. The Balaban J connectivity index is 1.71. The van der Waals surface area contributed by atoms with Crippen LogP contribution >= 0.6 is 0 Å². The number of nitrogens with one attached hydrogen (secondary N) is 1. The summed E-state index contributed by atoms with van der Waals surface area (Å²) in [6, 6.07) is 16.3. The van der Waals surface area contributed by atoms with Gasteiger partial charge in [-0.1, -0.05) is 192 Å². The smallest absolute Gasteiger partial charge is 0.338 e. The number of unbranched alkanes of at least 4 members (excludes halogenated alkanes) is 22. The molecule has 2 aromatic carbocycles. The Bertz CT molecular complexity index is 1210. The van der Waals surface area contributed by atoms with E-state index in [1.165, 1.54) is 116 Å². The van der Waals surface area contributed by atoms with Crippen LogP contribution in [0.25, 0.3) is 0 Å². The largest absolute Gasteiger partial charge is 0.455 e. The van der Waals surface area contributed by atoms with Gasteiger partial charge in [-0.15, -0.1) is 0 Å². The fraction of sp³-hybridized carbons (Fsp3) is 0.681. The summed E-state index contributed by atoms with van der Waals surface area (Å²) in [5.41, 5.74) is 0.720. The van der Waals surface area contributed by atoms with E-state index in [1.807, 2.05) is 12.1 Å². The number of aliphatic hydroxyl groups is 1. The Hall–Kier alpha value is -3.19. The molecule has 54 heavy (non-hydrogen) atoms. The zero-order valence-electron chi connectivity index (χ0n) is 34.1. The highest BCUT2D eigenvalue weighted by Gasteiger charge is 2.36. The van der Waals surface area contributed by atoms with Crippen LogP contribution < -0.4 is 5.32 Å². The molecule has 0 saturated heterocycles. The van der Waals surface area contributed by atoms with Gasteiger partial charge >= 0.3 is 11.9 Å². The number of rotatable bonds is 34. The summed E-state index contributed by atoms with van der Waals surface area (Å²) in [6.07, 6.45) is 28.8. The molecule has 0 bridgehead atoms. The predicted molar refractivity (Wildman–Crippen MR) is 222 cm³/mol. The van der Waals surface area contributed by atoms with E-state index in [4.69, 9.17) is 9.47 Å². The highest BCUT2D eigenvalue weighted by Crippen LogP contribution is 2.21. The van der Waals surface area contributed by atoms with Crippen molar-refractivity contribution in [2.24, 2.45) is 0 Å². The topological polar surface area (TPSA) is 102 Å². The first-order valence-electron chi connectivity index (χ1n) is 21.9. The van der Waals surface area contributed by atoms with Gasteiger partial charge in [-0.05, 0) is 43.5 Å². The second-order valence-electron chi connectivity index (χ2n) is 15.2. The van der Waals surface area contributed by atoms with Gasteiger partial charge in [-0.3, -0.25) is 4.79 Å². The number of carbonyl (C=O) groups is 3. The molecule has 2 aromatic rings. The first kappa shape index (κ1) is 47.0. The summed E-state index contributed by atoms with van der Waals surface area (Å²) < 4.78 is 12.0. The summed E-state index contributed by atoms with van der Waals surface area (Å²) in [4.78, 5) is 39.6. The third-order valence-electron chi connectivity index (χ3n) is 10.4. The predicted octanol–water partition coefficient (Wildman–Crippen LogP) is 12.1. The summed E-state index contributed by atoms with van der Waals surface area (Å²) >= 11 is 0. The van der Waals surface area contributed by atoms with Gasteiger partial charge in [0.05, 0.1) is 23.8 Å². The van der Waals surface area contributed by atoms with E-state index >= 15 is 0 Å². The molecule has 0 aliphatic heterocycles. The average Bonchev–Trinajstić information content (AvgIpc) is 3.20. The minimum Gasteiger partial charge on any atom is -0.455 e. The third kappa shape index (κ3) is 22.3. The molecule has 0 aliphatic rings. The van der Waals surface area contributed by atoms with Gasteiger partial charge in [0.15, 0.2) is 6.10 Å². The Morgan fingerprint density at radius 1 is 0.519 bits per heavy atom. The van der Waals surface area contributed by atoms with Crippen molar-refractivity contribution in [3.05, 3.63) is 71.8 Å². The molecule has 0 radical (unpaired) electrons. The van der Waals surface area contributed by atoms with Crippen molar-refractivity contribution in [2.45, 2.75) is 199 Å². The van der Waals surface area contributed by atoms with Gasteiger partial charge in [-0.2, -0.15) is 0 Å². The van der Waals surface area contributed by atoms with Crippen molar-refractivity contribution < 1.29 is 29.0 Å². The van der Waals surface area contributed by atoms with E-state index in [1.54, 1.807) is 48.5 Å². The highest BCUT2D eigenvalue weighted by molar-refractivity contribution is 5.90. The number of hydrogen-bond acceptors (Lipinski definition) is 6. The fourth-order valence-corrected chi connectivity index (χ4v) is 7.08. The van der Waals surface area contributed by atoms with Gasteiger partial charge in [0.2, 0.25) is 5.91 Å². The van der Waals surface area contributed by atoms with Crippen molar-refractivity contribution in [1.82, 2.24) is 5.32 Å². The van der Waals surface area contributed by atoms with E-state index in [0.29, 0.717) is 24.0 Å². The maximum atomic E-state index is 13.3. The molecule has 304 valence electrons. The quantitative estimate of drug-likeness (QED) is 0.0545. The van der Waals surface area contributed by atoms with Gasteiger partial charge < -0.3 is 19.9 Å². The van der Waals surface area contributed by atoms with Crippen molar-refractivity contribution in [3.63, 3.8) is 0 Å². The van der Waals surface area contributed by atoms with Crippen LogP contribution in [0.5, 0.6) is 0 Å². The third-order valence-corrected chi connectivity index (χ3v) is 10.4. The lowest BCUT2D eigenvalue weighted by molar-refractivity contribution is -0.124. The first-order chi connectivity index (χ1) is 26.5. The molecule has 0 aromatic heterocycles. The number of ether oxygens (including phenoxy) is 2. The Kier molecular flexibility index (Phi) is 27.9. The van der Waals surface area contributed by atoms with E-state index in [0.717, 1.165) is 38.5 Å². The SMILES string of the molecule is CCCCCCCCCCCCCCCCCCCCCCCC(=O)N[C@@H](CO)[C@H](OC(=O)c1ccccc1)[C@@H](CCCCC)OC(=O)c1ccccc1. The molecule has 0 fully saturated rings. The second kappa shape index (κ2) is 32.1. The summed E-state index contributed by atoms with van der Waals surface area (Å²) in [6.45, 7) is 3.89. The molecule has 7 nitrogen and oxygen atoms in total. The number of carbonyl (C=O) groups excluding carboxylic acids is 3. The van der Waals surface area contributed by atoms with Crippen LogP contribution in [-0.4, -0.2) is 47.8 Å². The van der Waals surface area contributed by atoms with Crippen LogP contribution in [-0.2, 0) is 14.3 Å². The maximum absolute atomic E-state index is 13.3. The van der Waals surface area contributed by atoms with Crippen molar-refractivity contribution in [1.29, 1.82) is 0 Å². The van der Waals surface area contributed by atoms with Crippen LogP contribution in [0.3, 0.4) is 0 Å². The molecule has 3 atom stereocenters. The monoisotopic (exact) mass is 750 g/mol. The van der Waals surface area contributed by atoms with E-state index in [-0.39, 0.29) is 5.91 Å². The van der Waals surface area contributed by atoms with Gasteiger partial charge in [0.1, 0.15) is 6.10 Å². The highest BCUT2D eigenvalue weighted by atomic mass is 16.6. The Morgan fingerprint density at radius 3 is 1.30 bits per heavy atom. The lowest BCUT2D eigenvalue weighted by Crippen LogP contribution is -2.53. The second-order valence-corrected chi connectivity index (χ2v) is 15.2. The number of amides is 1. The maximum Gasteiger partial charge on any atom is 0.338 e. The van der Waals surface area contributed by atoms with Crippen LogP contribution in [0.4, 0.5) is 0 Å². The van der Waals surface area contributed by atoms with Gasteiger partial charge in [0, 0.05) is 6.42 Å². The zero-order valence-corrected chi connectivity index (χ0v) is 34.1. The molecule has 1 amide bonds. The van der Waals surface area contributed by atoms with Crippen molar-refractivity contribution >= 4 is 17.8 Å². The molecule has 2 N–H and O–H groups in total. The summed E-state index contributed by atoms with van der Waals surface area (Å²) in [7, 11) is 0. The summed E-state index contributed by atoms with van der Waals surface area (Å²) in [5.74, 6) is -1.36. The zero-order chi connectivity index (χ0) is 38.9. The Morgan fingerprint density at radius 2 is 0.889 bits per heavy atom. The lowest BCUT2D eigenvalue weighted by Gasteiger charge is -2.33. The normalized spacial score (nSPS) is 12.9. The van der Waals surface area contributed by atoms with Crippen LogP contribution in [0.2, 0.25) is 0 Å². The van der Waals surface area contributed by atoms with Gasteiger partial charge in [-0.25, -0.2) is 9.59 Å². The summed E-state index contributed by atoms with van der Waals surface area (Å²) in [5, 5.41) is 13.4. The van der Waals surface area contributed by atoms with Crippen molar-refractivity contribution in [2.75, 3.05) is 6.61 Å². The van der Waals surface area contributed by atoms with Crippen molar-refractivity contribution in [3.8, 4) is 0 Å². The van der Waals surface area contributed by atoms with Crippen LogP contribution in [0, 0.1) is 0 Å². The van der Waals surface area contributed by atoms with E-state index in [9.17, 15) is 19.5 Å². The van der Waals surface area contributed by atoms with Crippen LogP contribution in [0.1, 0.15) is 202 Å². The molecule has 7 heteroatoms. The lowest BCUT2D eigenvalue weighted by atomic mass is 9.99. The van der Waals surface area contributed by atoms with E-state index in [2.05, 4.69) is 19.2 Å². The molecule has 2 rings (SSSR count). The minimum atomic E-state index is -1.07. The molecule has 0 saturated carbocycles. The number of hydrogen-bond donors (Lipinski definition) is 2. The van der Waals surface area contributed by atoms with E-state index < -0.39 is 36.8 Å². The number of benzene rings is 2. The molecule has 0 aliphatic carbocycles. The standard InChI is InChI=1S/C47H75NO6/c1-3-5-7-8-9-10-11-12-13-14-15-16-17-18-19-20-21-22-23-24-32-38-44(50)48-42(39-49)45(54-47(52)41-35-30-26-31-36-41)43(37-27-6-4-2)53-46(51)40-33-28-25-29-34-40/h25-26,28-31,33-36,42-43,45,49H,3-24,27,32,37-39H2,1-2H3,(H,48,50)/t42-,43+,45-/m0/s1. The van der Waals surface area contributed by atoms with Gasteiger partial charge in [0.25, 0.3) is 0 Å². The van der Waals surface area contributed by atoms with Crippen LogP contribution in [0.15, 0.2) is 60.7 Å². The molecular formula is C47H75NO6. The molecule has 0 unspecified atom stereocenters. The molecule has 0 spiro atoms. The average molecular weight is 750 g/mol. The minimum absolute atomic E-state index is 0.214. The first-order valence-corrected chi connectivity index (χ1v) is 21.9. The number of esters is 2.